The molecule has 0 aliphatic rings. The van der Waals surface area contributed by atoms with Crippen LogP contribution in [-0.2, 0) is 10.0 Å². The van der Waals surface area contributed by atoms with E-state index in [1.165, 1.54) is 0 Å². The molecule has 0 unspecified atom stereocenters. The van der Waals surface area contributed by atoms with Crippen LogP contribution in [0.4, 0.5) is 5.69 Å². The molecule has 0 saturated carbocycles. The summed E-state index contributed by atoms with van der Waals surface area (Å²) < 4.78 is 28.3. The molecule has 0 aliphatic heterocycles. The zero-order valence-corrected chi connectivity index (χ0v) is 14.2. The van der Waals surface area contributed by atoms with Crippen LogP contribution in [-0.4, -0.2) is 8.42 Å². The molecule has 0 aliphatic carbocycles. The molecule has 18 heavy (non-hydrogen) atoms. The van der Waals surface area contributed by atoms with E-state index in [2.05, 4.69) is 36.6 Å². The van der Waals surface area contributed by atoms with Gasteiger partial charge >= 0.3 is 0 Å². The van der Waals surface area contributed by atoms with Gasteiger partial charge in [-0.25, -0.2) is 8.42 Å². The van der Waals surface area contributed by atoms with Gasteiger partial charge < -0.3 is 0 Å². The monoisotopic (exact) mass is 429 g/mol. The topological polar surface area (TPSA) is 46.2 Å². The van der Waals surface area contributed by atoms with Crippen LogP contribution in [0.1, 0.15) is 0 Å². The predicted molar refractivity (Wildman–Crippen MR) is 82.0 cm³/mol. The molecule has 2 rings (SSSR count). The molecule has 0 fully saturated rings. The quantitative estimate of drug-likeness (QED) is 0.764. The van der Waals surface area contributed by atoms with E-state index >= 15 is 0 Å². The lowest BCUT2D eigenvalue weighted by molar-refractivity contribution is 0.603. The second-order valence-corrected chi connectivity index (χ2v) is 8.87. The summed E-state index contributed by atoms with van der Waals surface area (Å²) in [6, 6.07) is 8.09. The third-order valence-corrected chi connectivity index (χ3v) is 7.31. The fourth-order valence-electron chi connectivity index (χ4n) is 1.22. The Kier molecular flexibility index (Phi) is 4.38. The van der Waals surface area contributed by atoms with Crippen molar-refractivity contribution in [3.8, 4) is 0 Å². The first kappa shape index (κ1) is 14.3. The van der Waals surface area contributed by atoms with E-state index in [1.807, 2.05) is 0 Å². The molecular weight excluding hydrogens is 426 g/mol. The van der Waals surface area contributed by atoms with Crippen LogP contribution >= 0.6 is 54.8 Å². The Morgan fingerprint density at radius 3 is 2.50 bits per heavy atom. The van der Waals surface area contributed by atoms with E-state index < -0.39 is 10.0 Å². The van der Waals surface area contributed by atoms with E-state index in [9.17, 15) is 8.42 Å². The normalized spacial score (nSPS) is 11.5. The van der Waals surface area contributed by atoms with Gasteiger partial charge in [-0.05, 0) is 56.1 Å². The molecule has 1 heterocycles. The first-order valence-electron chi connectivity index (χ1n) is 4.62. The van der Waals surface area contributed by atoms with E-state index in [-0.39, 0.29) is 4.21 Å². The zero-order valence-electron chi connectivity index (χ0n) is 8.65. The predicted octanol–water partition coefficient (Wildman–Crippen LogP) is 4.73. The van der Waals surface area contributed by atoms with Gasteiger partial charge in [0.1, 0.15) is 4.21 Å². The molecule has 0 radical (unpaired) electrons. The highest BCUT2D eigenvalue weighted by atomic mass is 79.9. The maximum absolute atomic E-state index is 12.1. The van der Waals surface area contributed by atoms with Crippen LogP contribution in [0.5, 0.6) is 0 Å². The van der Waals surface area contributed by atoms with Gasteiger partial charge in [-0.1, -0.05) is 17.7 Å². The molecule has 8 heteroatoms. The minimum absolute atomic E-state index is 0.223. The number of anilines is 1. The number of sulfonamides is 1. The maximum atomic E-state index is 12.1. The molecule has 0 saturated heterocycles. The number of rotatable bonds is 3. The first-order valence-corrected chi connectivity index (χ1v) is 8.88. The molecule has 1 aromatic heterocycles. The third kappa shape index (κ3) is 3.27. The summed E-state index contributed by atoms with van der Waals surface area (Å²) in [4.78, 5) is 0. The van der Waals surface area contributed by atoms with Crippen molar-refractivity contribution in [2.24, 2.45) is 0 Å². The maximum Gasteiger partial charge on any atom is 0.271 e. The van der Waals surface area contributed by atoms with E-state index in [1.54, 1.807) is 30.3 Å². The second kappa shape index (κ2) is 5.50. The van der Waals surface area contributed by atoms with Gasteiger partial charge in [0, 0.05) is 9.50 Å². The lowest BCUT2D eigenvalue weighted by Gasteiger charge is -2.05. The molecule has 2 aromatic rings. The minimum Gasteiger partial charge on any atom is -0.279 e. The van der Waals surface area contributed by atoms with Crippen LogP contribution in [0, 0.1) is 0 Å². The summed E-state index contributed by atoms with van der Waals surface area (Å²) in [6.07, 6.45) is 0. The highest BCUT2D eigenvalue weighted by Crippen LogP contribution is 2.35. The van der Waals surface area contributed by atoms with E-state index in [4.69, 9.17) is 11.6 Å². The Bertz CT molecular complexity index is 665. The highest BCUT2D eigenvalue weighted by Gasteiger charge is 2.18. The van der Waals surface area contributed by atoms with E-state index in [0.29, 0.717) is 15.2 Å². The number of nitrogens with one attached hydrogen (secondary N) is 1. The highest BCUT2D eigenvalue weighted by molar-refractivity contribution is 9.13. The lowest BCUT2D eigenvalue weighted by Crippen LogP contribution is -2.11. The summed E-state index contributed by atoms with van der Waals surface area (Å²) in [5.41, 5.74) is 0.433. The van der Waals surface area contributed by atoms with Crippen LogP contribution < -0.4 is 4.72 Å². The van der Waals surface area contributed by atoms with Gasteiger partial charge in [-0.3, -0.25) is 4.72 Å². The van der Waals surface area contributed by atoms with Crippen molar-refractivity contribution >= 4 is 70.5 Å². The standard InChI is InChI=1S/C10H6Br2ClNO2S2/c11-8-5-9(17-10(8)12)18(15,16)14-7-3-1-2-6(13)4-7/h1-5,14H. The number of hydrogen-bond acceptors (Lipinski definition) is 3. The van der Waals surface area contributed by atoms with Crippen molar-refractivity contribution in [2.45, 2.75) is 4.21 Å². The Hall–Kier alpha value is -0.0800. The van der Waals surface area contributed by atoms with Crippen LogP contribution in [0.15, 0.2) is 42.8 Å². The Labute approximate surface area is 130 Å². The fourth-order valence-corrected chi connectivity index (χ4v) is 5.28. The number of hydrogen-bond donors (Lipinski definition) is 1. The average Bonchev–Trinajstić information content (AvgIpc) is 2.59. The Morgan fingerprint density at radius 2 is 1.94 bits per heavy atom. The number of thiophene rings is 1. The molecule has 0 bridgehead atoms. The van der Waals surface area contributed by atoms with Crippen LogP contribution in [0.2, 0.25) is 5.02 Å². The van der Waals surface area contributed by atoms with Crippen LogP contribution in [0.3, 0.4) is 0 Å². The molecular formula is C10H6Br2ClNO2S2. The molecule has 0 amide bonds. The van der Waals surface area contributed by atoms with Crippen molar-refractivity contribution in [1.82, 2.24) is 0 Å². The molecule has 96 valence electrons. The number of benzene rings is 1. The zero-order chi connectivity index (χ0) is 13.3. The second-order valence-electron chi connectivity index (χ2n) is 3.30. The summed E-state index contributed by atoms with van der Waals surface area (Å²) in [5.74, 6) is 0. The Morgan fingerprint density at radius 1 is 1.22 bits per heavy atom. The molecule has 0 spiro atoms. The first-order chi connectivity index (χ1) is 8.38. The molecule has 3 nitrogen and oxygen atoms in total. The molecule has 1 aromatic carbocycles. The van der Waals surface area contributed by atoms with Crippen molar-refractivity contribution in [1.29, 1.82) is 0 Å². The Balaban J connectivity index is 2.33. The van der Waals surface area contributed by atoms with Crippen molar-refractivity contribution in [3.05, 3.63) is 43.6 Å². The van der Waals surface area contributed by atoms with E-state index in [0.717, 1.165) is 15.1 Å². The average molecular weight is 432 g/mol. The SMILES string of the molecule is O=S(=O)(Nc1cccc(Cl)c1)c1cc(Br)c(Br)s1. The third-order valence-electron chi connectivity index (χ3n) is 1.96. The van der Waals surface area contributed by atoms with Crippen LogP contribution in [0.25, 0.3) is 0 Å². The van der Waals surface area contributed by atoms with Gasteiger partial charge in [0.25, 0.3) is 10.0 Å². The summed E-state index contributed by atoms with van der Waals surface area (Å²) in [6.45, 7) is 0. The lowest BCUT2D eigenvalue weighted by atomic mass is 10.3. The van der Waals surface area contributed by atoms with Gasteiger partial charge in [-0.15, -0.1) is 11.3 Å². The minimum atomic E-state index is -3.58. The molecule has 1 N–H and O–H groups in total. The van der Waals surface area contributed by atoms with Crippen molar-refractivity contribution in [2.75, 3.05) is 4.72 Å². The van der Waals surface area contributed by atoms with Gasteiger partial charge in [0.2, 0.25) is 0 Å². The smallest absolute Gasteiger partial charge is 0.271 e. The van der Waals surface area contributed by atoms with Gasteiger partial charge in [0.15, 0.2) is 0 Å². The molecule has 0 atom stereocenters. The summed E-state index contributed by atoms with van der Waals surface area (Å²) >= 11 is 13.5. The fraction of sp³-hybridized carbons (Fsp3) is 0. The largest absolute Gasteiger partial charge is 0.279 e. The summed E-state index contributed by atoms with van der Waals surface area (Å²) in [7, 11) is -3.58. The van der Waals surface area contributed by atoms with Gasteiger partial charge in [-0.2, -0.15) is 0 Å². The number of halogens is 3. The van der Waals surface area contributed by atoms with Gasteiger partial charge in [0.05, 0.1) is 9.47 Å². The summed E-state index contributed by atoms with van der Waals surface area (Å²) in [5, 5.41) is 0.476. The van der Waals surface area contributed by atoms with Crippen molar-refractivity contribution < 1.29 is 8.42 Å². The van der Waals surface area contributed by atoms with Crippen molar-refractivity contribution in [3.63, 3.8) is 0 Å².